The molecule has 1 atom stereocenters. The summed E-state index contributed by atoms with van der Waals surface area (Å²) in [6, 6.07) is 20.3. The molecule has 3 aromatic carbocycles. The van der Waals surface area contributed by atoms with Crippen LogP contribution >= 0.6 is 0 Å². The second kappa shape index (κ2) is 11.8. The molecule has 1 unspecified atom stereocenters. The predicted molar refractivity (Wildman–Crippen MR) is 149 cm³/mol. The molecular weight excluding hydrogens is 480 g/mol. The van der Waals surface area contributed by atoms with E-state index in [0.29, 0.717) is 35.4 Å². The van der Waals surface area contributed by atoms with E-state index in [1.165, 1.54) is 18.2 Å². The van der Waals surface area contributed by atoms with E-state index < -0.39 is 11.0 Å². The van der Waals surface area contributed by atoms with Crippen LogP contribution in [0.3, 0.4) is 0 Å². The molecule has 0 N–H and O–H groups in total. The molecule has 4 aromatic rings. The molecule has 1 aromatic heterocycles. The van der Waals surface area contributed by atoms with Gasteiger partial charge in [0.1, 0.15) is 5.82 Å². The number of fused-ring (bicyclic) bond motifs is 1. The first-order valence-corrected chi connectivity index (χ1v) is 13.1. The summed E-state index contributed by atoms with van der Waals surface area (Å²) in [5.41, 5.74) is 2.27. The summed E-state index contributed by atoms with van der Waals surface area (Å²) in [5.74, 6) is 0.139. The summed E-state index contributed by atoms with van der Waals surface area (Å²) in [7, 11) is 0. The Labute approximate surface area is 221 Å². The fourth-order valence-electron chi connectivity index (χ4n) is 4.69. The maximum Gasteiger partial charge on any atom is 0.270 e. The van der Waals surface area contributed by atoms with Gasteiger partial charge >= 0.3 is 0 Å². The van der Waals surface area contributed by atoms with Crippen molar-refractivity contribution in [3.63, 3.8) is 0 Å². The lowest BCUT2D eigenvalue weighted by Gasteiger charge is -2.32. The van der Waals surface area contributed by atoms with Crippen LogP contribution in [0.25, 0.3) is 16.6 Å². The molecule has 196 valence electrons. The highest BCUT2D eigenvalue weighted by atomic mass is 16.6. The van der Waals surface area contributed by atoms with Crippen molar-refractivity contribution < 1.29 is 9.72 Å². The van der Waals surface area contributed by atoms with Gasteiger partial charge in [-0.05, 0) is 55.2 Å². The zero-order valence-electron chi connectivity index (χ0n) is 22.0. The van der Waals surface area contributed by atoms with Crippen LogP contribution in [0, 0.1) is 10.1 Å². The first-order chi connectivity index (χ1) is 18.4. The number of carbonyl (C=O) groups excluding carboxylic acids is 1. The van der Waals surface area contributed by atoms with Crippen molar-refractivity contribution in [3.05, 3.63) is 110 Å². The number of amides is 1. The third-order valence-corrected chi connectivity index (χ3v) is 6.78. The Bertz CT molecular complexity index is 1510. The number of para-hydroxylation sites is 1. The van der Waals surface area contributed by atoms with Crippen molar-refractivity contribution in [2.75, 3.05) is 6.54 Å². The largest absolute Gasteiger partial charge is 0.328 e. The quantitative estimate of drug-likeness (QED) is 0.185. The minimum atomic E-state index is -0.531. The number of non-ortho nitro benzene ring substituents is 1. The van der Waals surface area contributed by atoms with Crippen molar-refractivity contribution in [2.45, 2.75) is 52.5 Å². The molecule has 0 bridgehead atoms. The normalized spacial score (nSPS) is 11.9. The average molecular weight is 513 g/mol. The average Bonchev–Trinajstić information content (AvgIpc) is 2.95. The third-order valence-electron chi connectivity index (χ3n) is 6.78. The highest BCUT2D eigenvalue weighted by Gasteiger charge is 2.30. The van der Waals surface area contributed by atoms with Gasteiger partial charge in [0.15, 0.2) is 0 Å². The van der Waals surface area contributed by atoms with Gasteiger partial charge in [0.2, 0.25) is 0 Å². The van der Waals surface area contributed by atoms with Gasteiger partial charge < -0.3 is 4.90 Å². The molecule has 0 aliphatic rings. The van der Waals surface area contributed by atoms with Crippen LogP contribution < -0.4 is 5.56 Å². The fraction of sp³-hybridized carbons (Fsp3) is 0.300. The topological polar surface area (TPSA) is 98.3 Å². The molecule has 0 fully saturated rings. The van der Waals surface area contributed by atoms with E-state index in [1.54, 1.807) is 27.7 Å². The van der Waals surface area contributed by atoms with Gasteiger partial charge in [0, 0.05) is 24.2 Å². The summed E-state index contributed by atoms with van der Waals surface area (Å²) in [6.45, 7) is 6.49. The van der Waals surface area contributed by atoms with Crippen molar-refractivity contribution >= 4 is 22.5 Å². The standard InChI is InChI=1S/C30H32N4O4/c1-4-7-19-32(29(35)22-11-10-12-24(20-22)34(37)38)27(6-3)28-31-26-14-9-8-13-25(26)30(36)33(28)23-17-15-21(5-2)16-18-23/h8-18,20,27H,4-7,19H2,1-3H3. The Morgan fingerprint density at radius 1 is 1.03 bits per heavy atom. The van der Waals surface area contributed by atoms with E-state index in [1.807, 2.05) is 50.2 Å². The number of aromatic nitrogens is 2. The first kappa shape index (κ1) is 26.7. The van der Waals surface area contributed by atoms with Crippen molar-refractivity contribution in [1.82, 2.24) is 14.5 Å². The van der Waals surface area contributed by atoms with Crippen LogP contribution in [0.2, 0.25) is 0 Å². The monoisotopic (exact) mass is 512 g/mol. The van der Waals surface area contributed by atoms with E-state index in [2.05, 4.69) is 6.92 Å². The maximum atomic E-state index is 13.9. The number of hydrogen-bond donors (Lipinski definition) is 0. The second-order valence-electron chi connectivity index (χ2n) is 9.23. The van der Waals surface area contributed by atoms with Crippen molar-refractivity contribution in [3.8, 4) is 5.69 Å². The molecule has 8 heteroatoms. The summed E-state index contributed by atoms with van der Waals surface area (Å²) >= 11 is 0. The molecule has 0 spiro atoms. The van der Waals surface area contributed by atoms with Gasteiger partial charge in [-0.2, -0.15) is 0 Å². The fourth-order valence-corrected chi connectivity index (χ4v) is 4.69. The Kier molecular flexibility index (Phi) is 8.31. The summed E-state index contributed by atoms with van der Waals surface area (Å²) in [6.07, 6.45) is 2.96. The van der Waals surface area contributed by atoms with Crippen LogP contribution in [0.4, 0.5) is 5.69 Å². The number of nitro benzene ring substituents is 1. The molecular formula is C30H32N4O4. The zero-order valence-corrected chi connectivity index (χ0v) is 22.0. The molecule has 4 rings (SSSR count). The second-order valence-corrected chi connectivity index (χ2v) is 9.23. The van der Waals surface area contributed by atoms with E-state index in [4.69, 9.17) is 4.98 Å². The number of unbranched alkanes of at least 4 members (excludes halogenated alkanes) is 1. The van der Waals surface area contributed by atoms with E-state index >= 15 is 0 Å². The molecule has 0 saturated carbocycles. The Morgan fingerprint density at radius 2 is 1.76 bits per heavy atom. The van der Waals surface area contributed by atoms with E-state index in [-0.39, 0.29) is 22.7 Å². The molecule has 38 heavy (non-hydrogen) atoms. The lowest BCUT2D eigenvalue weighted by molar-refractivity contribution is -0.384. The van der Waals surface area contributed by atoms with Crippen LogP contribution in [0.1, 0.15) is 67.8 Å². The van der Waals surface area contributed by atoms with Crippen LogP contribution in [-0.2, 0) is 6.42 Å². The summed E-state index contributed by atoms with van der Waals surface area (Å²) < 4.78 is 1.61. The highest BCUT2D eigenvalue weighted by Crippen LogP contribution is 2.29. The highest BCUT2D eigenvalue weighted by molar-refractivity contribution is 5.95. The number of nitrogens with zero attached hydrogens (tertiary/aromatic N) is 4. The minimum Gasteiger partial charge on any atom is -0.328 e. The number of rotatable bonds is 10. The van der Waals surface area contributed by atoms with E-state index in [9.17, 15) is 19.7 Å². The number of benzene rings is 3. The first-order valence-electron chi connectivity index (χ1n) is 13.1. The van der Waals surface area contributed by atoms with Crippen LogP contribution in [-0.4, -0.2) is 31.8 Å². The molecule has 0 saturated heterocycles. The predicted octanol–water partition coefficient (Wildman–Crippen LogP) is 6.25. The van der Waals surface area contributed by atoms with Gasteiger partial charge in [0.25, 0.3) is 17.2 Å². The summed E-state index contributed by atoms with van der Waals surface area (Å²) in [5, 5.41) is 11.9. The van der Waals surface area contributed by atoms with Gasteiger partial charge in [-0.3, -0.25) is 24.3 Å². The zero-order chi connectivity index (χ0) is 27.2. The number of carbonyl (C=O) groups is 1. The van der Waals surface area contributed by atoms with Gasteiger partial charge in [-0.15, -0.1) is 0 Å². The van der Waals surface area contributed by atoms with Gasteiger partial charge in [-0.1, -0.05) is 57.5 Å². The number of aryl methyl sites for hydroxylation is 1. The lowest BCUT2D eigenvalue weighted by Crippen LogP contribution is -2.39. The molecule has 8 nitrogen and oxygen atoms in total. The molecule has 1 heterocycles. The third kappa shape index (κ3) is 5.34. The van der Waals surface area contributed by atoms with Gasteiger partial charge in [-0.25, -0.2) is 4.98 Å². The minimum absolute atomic E-state index is 0.143. The molecule has 1 amide bonds. The number of nitro groups is 1. The summed E-state index contributed by atoms with van der Waals surface area (Å²) in [4.78, 5) is 45.2. The molecule has 0 radical (unpaired) electrons. The molecule has 0 aliphatic heterocycles. The van der Waals surface area contributed by atoms with Crippen molar-refractivity contribution in [1.29, 1.82) is 0 Å². The van der Waals surface area contributed by atoms with Gasteiger partial charge in [0.05, 0.1) is 27.6 Å². The van der Waals surface area contributed by atoms with E-state index in [0.717, 1.165) is 24.8 Å². The SMILES string of the molecule is CCCCN(C(=O)c1cccc([N+](=O)[O-])c1)C(CC)c1nc2ccccc2c(=O)n1-c1ccc(CC)cc1. The Morgan fingerprint density at radius 3 is 2.42 bits per heavy atom. The van der Waals surface area contributed by atoms with Crippen LogP contribution in [0.5, 0.6) is 0 Å². The van der Waals surface area contributed by atoms with Crippen LogP contribution in [0.15, 0.2) is 77.6 Å². The lowest BCUT2D eigenvalue weighted by atomic mass is 10.1. The Hall–Kier alpha value is -4.33. The Balaban J connectivity index is 1.92. The smallest absolute Gasteiger partial charge is 0.270 e. The van der Waals surface area contributed by atoms with Crippen molar-refractivity contribution in [2.24, 2.45) is 0 Å². The molecule has 0 aliphatic carbocycles. The number of hydrogen-bond acceptors (Lipinski definition) is 5. The maximum absolute atomic E-state index is 13.9.